The molecule has 172 valence electrons. The molecule has 5 rings (SSSR count). The van der Waals surface area contributed by atoms with E-state index >= 15 is 0 Å². The molecule has 0 bridgehead atoms. The summed E-state index contributed by atoms with van der Waals surface area (Å²) in [4.78, 5) is 17.2. The van der Waals surface area contributed by atoms with Crippen LogP contribution in [-0.4, -0.2) is 39.2 Å². The molecule has 0 unspecified atom stereocenters. The van der Waals surface area contributed by atoms with Crippen LogP contribution in [-0.2, 0) is 6.42 Å². The van der Waals surface area contributed by atoms with Gasteiger partial charge in [0.2, 0.25) is 0 Å². The first kappa shape index (κ1) is 22.0. The number of thiophene rings is 1. The van der Waals surface area contributed by atoms with Crippen LogP contribution in [0.3, 0.4) is 0 Å². The van der Waals surface area contributed by atoms with E-state index in [1.54, 1.807) is 11.3 Å². The summed E-state index contributed by atoms with van der Waals surface area (Å²) in [6, 6.07) is 10.6. The topological polar surface area (TPSA) is 100 Å². The lowest BCUT2D eigenvalue weighted by atomic mass is 9.99. The average Bonchev–Trinajstić information content (AvgIpc) is 3.21. The van der Waals surface area contributed by atoms with Gasteiger partial charge in [0.25, 0.3) is 0 Å². The molecule has 4 N–H and O–H groups in total. The summed E-state index contributed by atoms with van der Waals surface area (Å²) in [5.74, 6) is 1.42. The number of rotatable bonds is 6. The lowest BCUT2D eigenvalue weighted by molar-refractivity contribution is 0.199. The monoisotopic (exact) mass is 462 g/mol. The van der Waals surface area contributed by atoms with Crippen molar-refractivity contribution in [3.63, 3.8) is 0 Å². The van der Waals surface area contributed by atoms with Gasteiger partial charge in [-0.1, -0.05) is 31.5 Å². The number of piperidine rings is 1. The maximum Gasteiger partial charge on any atom is 0.144 e. The molecule has 33 heavy (non-hydrogen) atoms. The number of nitrogens with two attached hydrogens (primary N) is 1. The lowest BCUT2D eigenvalue weighted by Crippen LogP contribution is -2.41. The molecule has 1 atom stereocenters. The highest BCUT2D eigenvalue weighted by atomic mass is 32.1. The Morgan fingerprint density at radius 2 is 2.03 bits per heavy atom. The van der Waals surface area contributed by atoms with Crippen molar-refractivity contribution in [2.75, 3.05) is 23.7 Å². The molecule has 7 nitrogen and oxygen atoms in total. The van der Waals surface area contributed by atoms with Crippen LogP contribution in [0.15, 0.2) is 36.7 Å². The molecule has 3 aromatic heterocycles. The predicted octanol–water partition coefficient (Wildman–Crippen LogP) is 4.72. The Kier molecular flexibility index (Phi) is 6.14. The third kappa shape index (κ3) is 4.03. The van der Waals surface area contributed by atoms with Gasteiger partial charge in [-0.15, -0.1) is 11.3 Å². The van der Waals surface area contributed by atoms with Crippen LogP contribution in [0.4, 0.5) is 17.3 Å². The molecule has 1 aliphatic heterocycles. The number of para-hydroxylation sites is 1. The molecular weight excluding hydrogens is 432 g/mol. The molecule has 1 aromatic carbocycles. The number of fused-ring (bicyclic) bond motifs is 3. The number of pyridine rings is 1. The number of nitrogens with zero attached hydrogens (tertiary/aromatic N) is 4. The van der Waals surface area contributed by atoms with Crippen LogP contribution in [0.1, 0.15) is 50.3 Å². The first-order chi connectivity index (χ1) is 16.1. The van der Waals surface area contributed by atoms with Crippen LogP contribution in [0, 0.1) is 0 Å². The van der Waals surface area contributed by atoms with E-state index in [0.717, 1.165) is 76.3 Å². The molecule has 1 fully saturated rings. The van der Waals surface area contributed by atoms with Crippen LogP contribution >= 0.6 is 11.3 Å². The zero-order chi connectivity index (χ0) is 22.9. The molecule has 1 aliphatic rings. The van der Waals surface area contributed by atoms with Gasteiger partial charge >= 0.3 is 0 Å². The number of anilines is 3. The van der Waals surface area contributed by atoms with Gasteiger partial charge in [-0.05, 0) is 57.0 Å². The molecular formula is C25H30N6OS. The summed E-state index contributed by atoms with van der Waals surface area (Å²) in [6.07, 6.45) is 4.95. The fourth-order valence-corrected chi connectivity index (χ4v) is 5.94. The summed E-state index contributed by atoms with van der Waals surface area (Å²) >= 11 is 1.56. The van der Waals surface area contributed by atoms with Gasteiger partial charge in [0, 0.05) is 22.7 Å². The second-order valence-electron chi connectivity index (χ2n) is 8.69. The van der Waals surface area contributed by atoms with Crippen LogP contribution in [0.5, 0.6) is 0 Å². The molecule has 0 spiro atoms. The van der Waals surface area contributed by atoms with E-state index in [9.17, 15) is 5.11 Å². The van der Waals surface area contributed by atoms with E-state index in [1.165, 1.54) is 11.9 Å². The largest absolute Gasteiger partial charge is 0.389 e. The summed E-state index contributed by atoms with van der Waals surface area (Å²) in [5, 5.41) is 15.1. The van der Waals surface area contributed by atoms with E-state index in [2.05, 4.69) is 39.2 Å². The Hall–Kier alpha value is -2.81. The first-order valence-electron chi connectivity index (χ1n) is 11.7. The van der Waals surface area contributed by atoms with E-state index in [0.29, 0.717) is 11.9 Å². The fourth-order valence-electron chi connectivity index (χ4n) is 4.87. The lowest BCUT2D eigenvalue weighted by Gasteiger charge is -2.37. The number of nitrogen functional groups attached to an aromatic ring is 1. The van der Waals surface area contributed by atoms with Gasteiger partial charge in [0.05, 0.1) is 16.3 Å². The van der Waals surface area contributed by atoms with Crippen molar-refractivity contribution < 1.29 is 5.11 Å². The van der Waals surface area contributed by atoms with Crippen molar-refractivity contribution in [3.8, 4) is 0 Å². The van der Waals surface area contributed by atoms with Crippen molar-refractivity contribution in [1.82, 2.24) is 20.3 Å². The Morgan fingerprint density at radius 1 is 1.24 bits per heavy atom. The Balaban J connectivity index is 1.75. The number of aryl methyl sites for hydroxylation is 1. The number of aromatic nitrogens is 3. The number of benzene rings is 1. The van der Waals surface area contributed by atoms with Crippen LogP contribution < -0.4 is 16.0 Å². The number of nitrogens with one attached hydrogen (secondary N) is 1. The van der Waals surface area contributed by atoms with Gasteiger partial charge in [0.15, 0.2) is 0 Å². The Labute approximate surface area is 197 Å². The van der Waals surface area contributed by atoms with E-state index in [4.69, 9.17) is 10.7 Å². The minimum Gasteiger partial charge on any atom is -0.389 e. The highest BCUT2D eigenvalue weighted by Crippen LogP contribution is 2.41. The second kappa shape index (κ2) is 9.21. The van der Waals surface area contributed by atoms with Crippen molar-refractivity contribution >= 4 is 49.1 Å². The quantitative estimate of drug-likeness (QED) is 0.381. The molecule has 0 aliphatic carbocycles. The Morgan fingerprint density at radius 3 is 2.79 bits per heavy atom. The summed E-state index contributed by atoms with van der Waals surface area (Å²) in [7, 11) is 0. The van der Waals surface area contributed by atoms with Crippen molar-refractivity contribution in [1.29, 1.82) is 0 Å². The minimum atomic E-state index is -0.566. The maximum absolute atomic E-state index is 10.5. The van der Waals surface area contributed by atoms with Gasteiger partial charge in [-0.25, -0.2) is 15.0 Å². The van der Waals surface area contributed by atoms with E-state index < -0.39 is 6.10 Å². The smallest absolute Gasteiger partial charge is 0.144 e. The minimum absolute atomic E-state index is 0.296. The second-order valence-corrected chi connectivity index (χ2v) is 9.69. The third-order valence-electron chi connectivity index (χ3n) is 6.41. The highest BCUT2D eigenvalue weighted by Gasteiger charge is 2.28. The molecule has 0 amide bonds. The van der Waals surface area contributed by atoms with Crippen molar-refractivity contribution in [3.05, 3.63) is 47.8 Å². The van der Waals surface area contributed by atoms with E-state index in [-0.39, 0.29) is 0 Å². The van der Waals surface area contributed by atoms with Gasteiger partial charge in [-0.2, -0.15) is 0 Å². The first-order valence-corrected chi connectivity index (χ1v) is 12.5. The summed E-state index contributed by atoms with van der Waals surface area (Å²) in [5.41, 5.74) is 10.3. The number of hydrogen-bond donors (Lipinski definition) is 3. The predicted molar refractivity (Wildman–Crippen MR) is 136 cm³/mol. The molecule has 1 saturated heterocycles. The molecule has 8 heteroatoms. The van der Waals surface area contributed by atoms with Crippen LogP contribution in [0.25, 0.3) is 20.4 Å². The third-order valence-corrected chi connectivity index (χ3v) is 7.50. The Bertz CT molecular complexity index is 1280. The van der Waals surface area contributed by atoms with E-state index in [1.807, 2.05) is 25.1 Å². The SMILES string of the molecule is CCCc1cc(N(c2ccccc2[C@H](C)O)C2CCNCC2)nc2sc3c(N)ncnc3c12. The normalized spacial score (nSPS) is 15.8. The molecule has 4 aromatic rings. The fraction of sp³-hybridized carbons (Fsp3) is 0.400. The summed E-state index contributed by atoms with van der Waals surface area (Å²) < 4.78 is 0.896. The highest BCUT2D eigenvalue weighted by molar-refractivity contribution is 7.26. The van der Waals surface area contributed by atoms with Gasteiger partial charge < -0.3 is 21.1 Å². The zero-order valence-electron chi connectivity index (χ0n) is 19.1. The molecule has 0 radical (unpaired) electrons. The van der Waals surface area contributed by atoms with Crippen molar-refractivity contribution in [2.24, 2.45) is 0 Å². The van der Waals surface area contributed by atoms with Crippen molar-refractivity contribution in [2.45, 2.75) is 51.7 Å². The number of hydrogen-bond acceptors (Lipinski definition) is 8. The van der Waals surface area contributed by atoms with Crippen LogP contribution in [0.2, 0.25) is 0 Å². The summed E-state index contributed by atoms with van der Waals surface area (Å²) in [6.45, 7) is 5.96. The number of aliphatic hydroxyl groups excluding tert-OH is 1. The molecule has 0 saturated carbocycles. The van der Waals surface area contributed by atoms with Gasteiger partial charge in [0.1, 0.15) is 22.8 Å². The van der Waals surface area contributed by atoms with Gasteiger partial charge in [-0.3, -0.25) is 0 Å². The average molecular weight is 463 g/mol. The molecule has 4 heterocycles. The number of aliphatic hydroxyl groups is 1. The maximum atomic E-state index is 10.5. The standard InChI is InChI=1S/C25H30N6OS/c1-3-6-16-13-20(30-25-21(16)22-23(33-25)24(26)29-14-28-22)31(17-9-11-27-12-10-17)19-8-5-4-7-18(19)15(2)32/h4-5,7-8,13-15,17,27,32H,3,6,9-12H2,1-2H3,(H2,26,28,29)/t15-/m0/s1. The zero-order valence-corrected chi connectivity index (χ0v) is 19.9.